The number of aliphatic hydroxyl groups excluding tert-OH is 1. The summed E-state index contributed by atoms with van der Waals surface area (Å²) in [7, 11) is 0. The summed E-state index contributed by atoms with van der Waals surface area (Å²) >= 11 is 0. The first-order chi connectivity index (χ1) is 7.65. The van der Waals surface area contributed by atoms with Crippen molar-refractivity contribution in [3.63, 3.8) is 0 Å². The van der Waals surface area contributed by atoms with Crippen LogP contribution >= 0.6 is 0 Å². The third-order valence-corrected chi connectivity index (χ3v) is 1.62. The third-order valence-electron chi connectivity index (χ3n) is 1.62. The Morgan fingerprint density at radius 2 is 2.18 bits per heavy atom. The van der Waals surface area contributed by atoms with E-state index in [1.54, 1.807) is 6.92 Å². The normalized spacial score (nSPS) is 10.3. The van der Waals surface area contributed by atoms with Crippen molar-refractivity contribution in [1.29, 1.82) is 0 Å². The van der Waals surface area contributed by atoms with E-state index in [0.717, 1.165) is 6.08 Å². The minimum absolute atomic E-state index is 0. The van der Waals surface area contributed by atoms with Gasteiger partial charge >= 0.3 is 24.8 Å². The summed E-state index contributed by atoms with van der Waals surface area (Å²) in [5.41, 5.74) is 0.299. The molecule has 1 aromatic heterocycles. The maximum atomic E-state index is 11.2. The molecule has 0 saturated carbocycles. The average Bonchev–Trinajstić information content (AvgIpc) is 2.30. The number of ketones is 1. The number of esters is 1. The molecule has 0 saturated heterocycles. The van der Waals surface area contributed by atoms with E-state index in [-0.39, 0.29) is 31.2 Å². The van der Waals surface area contributed by atoms with E-state index in [4.69, 9.17) is 0 Å². The van der Waals surface area contributed by atoms with Crippen LogP contribution in [0.3, 0.4) is 0 Å². The molecule has 7 heteroatoms. The van der Waals surface area contributed by atoms with E-state index in [1.165, 1.54) is 18.5 Å². The molecule has 86 valence electrons. The Morgan fingerprint density at radius 1 is 1.47 bits per heavy atom. The molecule has 0 aromatic carbocycles. The minimum atomic E-state index is -1.00. The molecule has 0 radical (unpaired) electrons. The first-order valence-corrected chi connectivity index (χ1v) is 4.54. The van der Waals surface area contributed by atoms with Crippen LogP contribution in [0.4, 0.5) is 0 Å². The number of hydrogen-bond donors (Lipinski definition) is 1. The number of aliphatic hydroxyl groups is 1. The second kappa shape index (κ2) is 7.60. The number of carbonyl (C=O) groups excluding carboxylic acids is 2. The fourth-order valence-corrected chi connectivity index (χ4v) is 0.911. The molecule has 0 amide bonds. The molecule has 0 bridgehead atoms. The molecule has 17 heavy (non-hydrogen) atoms. The van der Waals surface area contributed by atoms with Gasteiger partial charge in [-0.2, -0.15) is 10.2 Å². The molecule has 0 fully saturated rings. The first-order valence-electron chi connectivity index (χ1n) is 4.54. The van der Waals surface area contributed by atoms with Crippen LogP contribution in [-0.2, 0) is 14.3 Å². The Bertz CT molecular complexity index is 420. The fourth-order valence-electron chi connectivity index (χ4n) is 0.911. The summed E-state index contributed by atoms with van der Waals surface area (Å²) in [5, 5.41) is 16.5. The van der Waals surface area contributed by atoms with Crippen molar-refractivity contribution >= 4 is 36.4 Å². The van der Waals surface area contributed by atoms with E-state index >= 15 is 0 Å². The van der Waals surface area contributed by atoms with Crippen molar-refractivity contribution in [2.75, 3.05) is 6.61 Å². The van der Waals surface area contributed by atoms with Gasteiger partial charge in [0.15, 0.2) is 0 Å². The number of carbonyl (C=O) groups is 2. The SMILES string of the molecule is CCOC(=O)C(=O)C=C(O)c1ccnnc1.[LiH]. The Morgan fingerprint density at radius 3 is 2.71 bits per heavy atom. The molecule has 1 N–H and O–H groups in total. The Balaban J connectivity index is 0.00000256. The molecule has 0 spiro atoms. The Kier molecular flexibility index (Phi) is 6.87. The van der Waals surface area contributed by atoms with E-state index in [2.05, 4.69) is 14.9 Å². The van der Waals surface area contributed by atoms with Crippen molar-refractivity contribution in [3.05, 3.63) is 30.1 Å². The van der Waals surface area contributed by atoms with Crippen LogP contribution in [0.5, 0.6) is 0 Å². The molecule has 1 rings (SSSR count). The molecule has 0 unspecified atom stereocenters. The van der Waals surface area contributed by atoms with Crippen LogP contribution in [-0.4, -0.2) is 52.5 Å². The van der Waals surface area contributed by atoms with Crippen molar-refractivity contribution in [2.45, 2.75) is 6.92 Å². The van der Waals surface area contributed by atoms with Gasteiger partial charge in [-0.1, -0.05) is 0 Å². The van der Waals surface area contributed by atoms with Gasteiger partial charge in [0.2, 0.25) is 0 Å². The van der Waals surface area contributed by atoms with Crippen LogP contribution in [0.2, 0.25) is 0 Å². The van der Waals surface area contributed by atoms with Crippen LogP contribution in [0.25, 0.3) is 5.76 Å². The van der Waals surface area contributed by atoms with Gasteiger partial charge in [0.25, 0.3) is 5.78 Å². The molecule has 0 aliphatic rings. The van der Waals surface area contributed by atoms with Crippen LogP contribution in [0.15, 0.2) is 24.5 Å². The topological polar surface area (TPSA) is 89.4 Å². The molecule has 1 aromatic rings. The van der Waals surface area contributed by atoms with Crippen molar-refractivity contribution in [1.82, 2.24) is 10.2 Å². The summed E-state index contributed by atoms with van der Waals surface area (Å²) in [4.78, 5) is 22.1. The summed E-state index contributed by atoms with van der Waals surface area (Å²) < 4.78 is 4.47. The van der Waals surface area contributed by atoms with Crippen molar-refractivity contribution in [2.24, 2.45) is 0 Å². The number of hydrogen-bond acceptors (Lipinski definition) is 6. The zero-order valence-corrected chi connectivity index (χ0v) is 8.58. The van der Waals surface area contributed by atoms with Gasteiger partial charge in [0.1, 0.15) is 5.76 Å². The van der Waals surface area contributed by atoms with Gasteiger partial charge in [0, 0.05) is 11.6 Å². The number of rotatable bonds is 4. The van der Waals surface area contributed by atoms with E-state index < -0.39 is 11.8 Å². The molecule has 1 heterocycles. The van der Waals surface area contributed by atoms with Gasteiger partial charge < -0.3 is 9.84 Å². The quantitative estimate of drug-likeness (QED) is 0.254. The summed E-state index contributed by atoms with van der Waals surface area (Å²) in [6.45, 7) is 1.69. The second-order valence-corrected chi connectivity index (χ2v) is 2.75. The number of aromatic nitrogens is 2. The Hall–Kier alpha value is -1.64. The average molecular weight is 230 g/mol. The standard InChI is InChI=1S/C10H10N2O4.Li.H/c1-2-16-10(15)9(14)5-8(13)7-3-4-11-12-6-7;;/h3-6,13H,2H2,1H3;;. The predicted octanol–water partition coefficient (Wildman–Crippen LogP) is -0.141. The van der Waals surface area contributed by atoms with Gasteiger partial charge in [-0.15, -0.1) is 0 Å². The van der Waals surface area contributed by atoms with E-state index in [0.29, 0.717) is 5.56 Å². The first kappa shape index (κ1) is 15.4. The number of nitrogens with zero attached hydrogens (tertiary/aromatic N) is 2. The van der Waals surface area contributed by atoms with Crippen LogP contribution < -0.4 is 0 Å². The summed E-state index contributed by atoms with van der Waals surface area (Å²) in [6.07, 6.45) is 3.41. The molecule has 6 nitrogen and oxygen atoms in total. The van der Waals surface area contributed by atoms with Gasteiger partial charge in [-0.25, -0.2) is 4.79 Å². The Labute approximate surface area is 110 Å². The summed E-state index contributed by atoms with van der Waals surface area (Å²) in [5.74, 6) is -2.28. The predicted molar refractivity (Wildman–Crippen MR) is 61.4 cm³/mol. The monoisotopic (exact) mass is 230 g/mol. The van der Waals surface area contributed by atoms with Crippen molar-refractivity contribution < 1.29 is 19.4 Å². The van der Waals surface area contributed by atoms with Gasteiger partial charge in [-0.3, -0.25) is 4.79 Å². The van der Waals surface area contributed by atoms with Gasteiger partial charge in [-0.05, 0) is 13.0 Å². The second-order valence-electron chi connectivity index (χ2n) is 2.75. The zero-order valence-electron chi connectivity index (χ0n) is 8.58. The maximum absolute atomic E-state index is 11.2. The number of ether oxygens (including phenoxy) is 1. The fraction of sp³-hybridized carbons (Fsp3) is 0.200. The van der Waals surface area contributed by atoms with Crippen LogP contribution in [0, 0.1) is 0 Å². The van der Waals surface area contributed by atoms with Crippen LogP contribution in [0.1, 0.15) is 12.5 Å². The molecular weight excluding hydrogens is 219 g/mol. The van der Waals surface area contributed by atoms with Gasteiger partial charge in [0.05, 0.1) is 19.0 Å². The zero-order chi connectivity index (χ0) is 12.0. The van der Waals surface area contributed by atoms with E-state index in [1.807, 2.05) is 0 Å². The van der Waals surface area contributed by atoms with Crippen molar-refractivity contribution in [3.8, 4) is 0 Å². The molecule has 0 atom stereocenters. The molecular formula is C10H11LiN2O4. The summed E-state index contributed by atoms with van der Waals surface area (Å²) in [6, 6.07) is 1.46. The van der Waals surface area contributed by atoms with E-state index in [9.17, 15) is 14.7 Å². The third kappa shape index (κ3) is 4.81. The molecule has 0 aliphatic carbocycles. The molecule has 0 aliphatic heterocycles.